The molecule has 0 atom stereocenters. The van der Waals surface area contributed by atoms with E-state index in [2.05, 4.69) is 15.2 Å². The minimum absolute atomic E-state index is 0.0308. The fourth-order valence-electron chi connectivity index (χ4n) is 2.94. The van der Waals surface area contributed by atoms with Gasteiger partial charge in [-0.25, -0.2) is 13.2 Å². The summed E-state index contributed by atoms with van der Waals surface area (Å²) in [7, 11) is -3.86. The first-order chi connectivity index (χ1) is 16.3. The van der Waals surface area contributed by atoms with Gasteiger partial charge >= 0.3 is 5.97 Å². The summed E-state index contributed by atoms with van der Waals surface area (Å²) in [4.78, 5) is 24.8. The average Bonchev–Trinajstić information content (AvgIpc) is 3.51. The summed E-state index contributed by atoms with van der Waals surface area (Å²) in [5.41, 5.74) is 2.47. The van der Waals surface area contributed by atoms with E-state index in [9.17, 15) is 18.0 Å². The van der Waals surface area contributed by atoms with Crippen LogP contribution in [0.4, 0.5) is 11.6 Å². The number of rotatable bonds is 8. The quantitative estimate of drug-likeness (QED) is 0.347. The highest BCUT2D eigenvalue weighted by Crippen LogP contribution is 2.24. The van der Waals surface area contributed by atoms with E-state index in [4.69, 9.17) is 9.26 Å². The van der Waals surface area contributed by atoms with Crippen molar-refractivity contribution in [3.8, 4) is 11.3 Å². The number of carbonyl (C=O) groups is 2. The van der Waals surface area contributed by atoms with Crippen LogP contribution in [0.25, 0.3) is 11.3 Å². The monoisotopic (exact) mass is 497 g/mol. The minimum atomic E-state index is -3.86. The van der Waals surface area contributed by atoms with Crippen molar-refractivity contribution in [1.82, 2.24) is 5.16 Å². The standard InChI is InChI=1S/C23H19N3O6S2/c1-15-8-10-16(11-9-15)19-13-21(32-25-19)24-20(27)14-31-23(28)17-5-2-3-6-18(17)26-34(29,30)22-7-4-12-33-22/h2-13,26H,14H2,1H3,(H,24,27). The molecular formula is C23H19N3O6S2. The second kappa shape index (κ2) is 9.89. The summed E-state index contributed by atoms with van der Waals surface area (Å²) in [5, 5.41) is 8.01. The van der Waals surface area contributed by atoms with E-state index in [1.807, 2.05) is 31.2 Å². The molecule has 9 nitrogen and oxygen atoms in total. The van der Waals surface area contributed by atoms with Gasteiger partial charge in [0, 0.05) is 11.6 Å². The first-order valence-electron chi connectivity index (χ1n) is 9.98. The summed E-state index contributed by atoms with van der Waals surface area (Å²) in [6, 6.07) is 18.2. The largest absolute Gasteiger partial charge is 0.452 e. The van der Waals surface area contributed by atoms with Crippen molar-refractivity contribution in [3.63, 3.8) is 0 Å². The van der Waals surface area contributed by atoms with Gasteiger partial charge in [-0.2, -0.15) is 0 Å². The Kier molecular flexibility index (Phi) is 6.75. The highest BCUT2D eigenvalue weighted by molar-refractivity contribution is 7.94. The lowest BCUT2D eigenvalue weighted by atomic mass is 10.1. The number of nitrogens with zero attached hydrogens (tertiary/aromatic N) is 1. The second-order valence-corrected chi connectivity index (χ2v) is 10.0. The molecule has 174 valence electrons. The number of hydrogen-bond donors (Lipinski definition) is 2. The summed E-state index contributed by atoms with van der Waals surface area (Å²) in [6.45, 7) is 1.36. The van der Waals surface area contributed by atoms with E-state index >= 15 is 0 Å². The summed E-state index contributed by atoms with van der Waals surface area (Å²) >= 11 is 1.05. The smallest absolute Gasteiger partial charge is 0.340 e. The Balaban J connectivity index is 1.37. The zero-order valence-electron chi connectivity index (χ0n) is 17.8. The van der Waals surface area contributed by atoms with Crippen LogP contribution in [0.15, 0.2) is 80.8 Å². The molecule has 0 aliphatic rings. The van der Waals surface area contributed by atoms with Crippen LogP contribution < -0.4 is 10.0 Å². The van der Waals surface area contributed by atoms with Crippen LogP contribution in [0.3, 0.4) is 0 Å². The molecule has 0 spiro atoms. The van der Waals surface area contributed by atoms with Crippen LogP contribution in [-0.4, -0.2) is 32.1 Å². The lowest BCUT2D eigenvalue weighted by molar-refractivity contribution is -0.119. The van der Waals surface area contributed by atoms with Gasteiger partial charge in [0.1, 0.15) is 9.90 Å². The Morgan fingerprint density at radius 3 is 2.56 bits per heavy atom. The molecule has 0 saturated heterocycles. The normalized spacial score (nSPS) is 11.1. The zero-order chi connectivity index (χ0) is 24.1. The molecular weight excluding hydrogens is 478 g/mol. The number of sulfonamides is 1. The van der Waals surface area contributed by atoms with Crippen molar-refractivity contribution in [3.05, 3.63) is 83.2 Å². The fraction of sp³-hybridized carbons (Fsp3) is 0.0870. The molecule has 0 saturated carbocycles. The Morgan fingerprint density at radius 1 is 1.06 bits per heavy atom. The number of ether oxygens (including phenoxy) is 1. The van der Waals surface area contributed by atoms with E-state index < -0.39 is 28.5 Å². The SMILES string of the molecule is Cc1ccc(-c2cc(NC(=O)COC(=O)c3ccccc3NS(=O)(=O)c3cccs3)on2)cc1. The van der Waals surface area contributed by atoms with Gasteiger partial charge in [0.2, 0.25) is 5.88 Å². The molecule has 2 aromatic heterocycles. The van der Waals surface area contributed by atoms with Gasteiger partial charge in [0.25, 0.3) is 15.9 Å². The Hall–Kier alpha value is -3.96. The lowest BCUT2D eigenvalue weighted by Crippen LogP contribution is -2.21. The van der Waals surface area contributed by atoms with Crippen LogP contribution in [0.1, 0.15) is 15.9 Å². The first-order valence-corrected chi connectivity index (χ1v) is 12.3. The van der Waals surface area contributed by atoms with Crippen LogP contribution in [0, 0.1) is 6.92 Å². The van der Waals surface area contributed by atoms with Crippen molar-refractivity contribution in [2.45, 2.75) is 11.1 Å². The number of para-hydroxylation sites is 1. The van der Waals surface area contributed by atoms with Gasteiger partial charge in [-0.05, 0) is 30.5 Å². The maximum absolute atomic E-state index is 12.5. The summed E-state index contributed by atoms with van der Waals surface area (Å²) in [5.74, 6) is -1.41. The molecule has 0 aliphatic carbocycles. The third-order valence-corrected chi connectivity index (χ3v) is 7.37. The molecule has 1 amide bonds. The zero-order valence-corrected chi connectivity index (χ0v) is 19.5. The van der Waals surface area contributed by atoms with Gasteiger partial charge in [-0.15, -0.1) is 11.3 Å². The number of carbonyl (C=O) groups excluding carboxylic acids is 2. The maximum Gasteiger partial charge on any atom is 0.340 e. The molecule has 4 rings (SSSR count). The number of thiophene rings is 1. The van der Waals surface area contributed by atoms with Crippen molar-refractivity contribution in [2.75, 3.05) is 16.6 Å². The van der Waals surface area contributed by atoms with E-state index in [1.165, 1.54) is 18.2 Å². The van der Waals surface area contributed by atoms with E-state index in [1.54, 1.807) is 29.6 Å². The van der Waals surface area contributed by atoms with E-state index in [-0.39, 0.29) is 21.3 Å². The maximum atomic E-state index is 12.5. The lowest BCUT2D eigenvalue weighted by Gasteiger charge is -2.11. The van der Waals surface area contributed by atoms with Crippen LogP contribution in [0.2, 0.25) is 0 Å². The van der Waals surface area contributed by atoms with Gasteiger partial charge < -0.3 is 9.26 Å². The fourth-order valence-corrected chi connectivity index (χ4v) is 5.01. The van der Waals surface area contributed by atoms with Crippen molar-refractivity contribution >= 4 is 44.8 Å². The Morgan fingerprint density at radius 2 is 1.82 bits per heavy atom. The number of nitrogens with one attached hydrogen (secondary N) is 2. The molecule has 0 aliphatic heterocycles. The topological polar surface area (TPSA) is 128 Å². The second-order valence-electron chi connectivity index (χ2n) is 7.15. The number of anilines is 2. The highest BCUT2D eigenvalue weighted by atomic mass is 32.2. The first kappa shape index (κ1) is 23.2. The summed E-state index contributed by atoms with van der Waals surface area (Å²) < 4.78 is 37.7. The van der Waals surface area contributed by atoms with Gasteiger partial charge in [-0.3, -0.25) is 14.8 Å². The number of aryl methyl sites for hydroxylation is 1. The van der Waals surface area contributed by atoms with Gasteiger partial charge in [0.05, 0.1) is 11.3 Å². The molecule has 0 fully saturated rings. The number of aromatic nitrogens is 1. The number of esters is 1. The molecule has 11 heteroatoms. The number of amides is 1. The van der Waals surface area contributed by atoms with Gasteiger partial charge in [0.15, 0.2) is 6.61 Å². The third kappa shape index (κ3) is 5.50. The Labute approximate surface area is 199 Å². The molecule has 2 heterocycles. The highest BCUT2D eigenvalue weighted by Gasteiger charge is 2.21. The van der Waals surface area contributed by atoms with Crippen molar-refractivity contribution in [2.24, 2.45) is 0 Å². The van der Waals surface area contributed by atoms with Crippen molar-refractivity contribution < 1.29 is 27.3 Å². The van der Waals surface area contributed by atoms with E-state index in [0.717, 1.165) is 22.5 Å². The van der Waals surface area contributed by atoms with Crippen LogP contribution >= 0.6 is 11.3 Å². The van der Waals surface area contributed by atoms with Crippen molar-refractivity contribution in [1.29, 1.82) is 0 Å². The minimum Gasteiger partial charge on any atom is -0.452 e. The van der Waals surface area contributed by atoms with E-state index in [0.29, 0.717) is 5.69 Å². The summed E-state index contributed by atoms with van der Waals surface area (Å²) in [6.07, 6.45) is 0. The number of benzene rings is 2. The molecule has 0 unspecified atom stereocenters. The molecule has 2 N–H and O–H groups in total. The van der Waals surface area contributed by atoms with Crippen LogP contribution in [0.5, 0.6) is 0 Å². The molecule has 4 aromatic rings. The third-order valence-electron chi connectivity index (χ3n) is 4.61. The molecule has 0 bridgehead atoms. The molecule has 34 heavy (non-hydrogen) atoms. The van der Waals surface area contributed by atoms with Crippen LogP contribution in [-0.2, 0) is 19.6 Å². The van der Waals surface area contributed by atoms with Gasteiger partial charge in [-0.1, -0.05) is 53.2 Å². The average molecular weight is 498 g/mol. The Bertz CT molecular complexity index is 1410. The predicted molar refractivity (Wildman–Crippen MR) is 127 cm³/mol. The predicted octanol–water partition coefficient (Wildman–Crippen LogP) is 4.31. The molecule has 2 aromatic carbocycles. The number of hydrogen-bond acceptors (Lipinski definition) is 8. The molecule has 0 radical (unpaired) electrons.